The van der Waals surface area contributed by atoms with Crippen LogP contribution < -0.4 is 5.32 Å². The molecule has 6 heteroatoms. The van der Waals surface area contributed by atoms with Gasteiger partial charge in [0, 0.05) is 38.7 Å². The lowest BCUT2D eigenvalue weighted by Gasteiger charge is -2.35. The van der Waals surface area contributed by atoms with E-state index < -0.39 is 0 Å². The molecule has 1 N–H and O–H groups in total. The third-order valence-electron chi connectivity index (χ3n) is 6.82. The van der Waals surface area contributed by atoms with Crippen LogP contribution in [-0.2, 0) is 15.9 Å². The van der Waals surface area contributed by atoms with Gasteiger partial charge in [0.05, 0.1) is 18.8 Å². The maximum Gasteiger partial charge on any atom is 0.193 e. The Morgan fingerprint density at radius 3 is 2.74 bits per heavy atom. The molecule has 0 radical (unpaired) electrons. The second-order valence-corrected chi connectivity index (χ2v) is 8.99. The number of guanidine groups is 1. The number of likely N-dealkylation sites (tertiary alicyclic amines) is 1. The Morgan fingerprint density at radius 2 is 1.97 bits per heavy atom. The van der Waals surface area contributed by atoms with Crippen molar-refractivity contribution in [3.63, 3.8) is 0 Å². The standard InChI is InChI=1S/C25H39N3O2.HI/c1-2-26-25(27-18-21-10-7-9-20-8-3-4-12-24(20)21)28-15-13-22(14-16-28)30-19-23-11-5-6-17-29-23;/h3-4,8,12,21-23H,2,5-7,9-11,13-19H2,1H3,(H,26,27);1H. The first kappa shape index (κ1) is 24.8. The first-order valence-electron chi connectivity index (χ1n) is 12.2. The number of aryl methyl sites for hydroxylation is 1. The number of ether oxygens (including phenoxy) is 2. The fourth-order valence-corrected chi connectivity index (χ4v) is 5.08. The summed E-state index contributed by atoms with van der Waals surface area (Å²) < 4.78 is 12.0. The van der Waals surface area contributed by atoms with Crippen molar-refractivity contribution >= 4 is 29.9 Å². The molecule has 0 bridgehead atoms. The zero-order valence-corrected chi connectivity index (χ0v) is 21.4. The Hall–Kier alpha value is -0.860. The maximum absolute atomic E-state index is 6.19. The average molecular weight is 542 g/mol. The SMILES string of the molecule is CCNC(=NCC1CCCc2ccccc21)N1CCC(OCC2CCCCO2)CC1.I. The van der Waals surface area contributed by atoms with E-state index >= 15 is 0 Å². The normalized spacial score (nSPS) is 24.9. The molecule has 2 fully saturated rings. The van der Waals surface area contributed by atoms with Crippen molar-refractivity contribution < 1.29 is 9.47 Å². The number of rotatable bonds is 6. The Morgan fingerprint density at radius 1 is 1.13 bits per heavy atom. The van der Waals surface area contributed by atoms with Gasteiger partial charge in [-0.3, -0.25) is 4.99 Å². The molecule has 2 atom stereocenters. The smallest absolute Gasteiger partial charge is 0.193 e. The molecule has 0 saturated carbocycles. The summed E-state index contributed by atoms with van der Waals surface area (Å²) in [4.78, 5) is 7.50. The Bertz CT molecular complexity index is 685. The lowest BCUT2D eigenvalue weighted by molar-refractivity contribution is -0.0721. The predicted molar refractivity (Wildman–Crippen MR) is 138 cm³/mol. The van der Waals surface area contributed by atoms with Crippen molar-refractivity contribution in [2.24, 2.45) is 4.99 Å². The van der Waals surface area contributed by atoms with Crippen molar-refractivity contribution in [1.29, 1.82) is 0 Å². The quantitative estimate of drug-likeness (QED) is 0.321. The highest BCUT2D eigenvalue weighted by Gasteiger charge is 2.25. The summed E-state index contributed by atoms with van der Waals surface area (Å²) >= 11 is 0. The number of nitrogens with one attached hydrogen (secondary N) is 1. The van der Waals surface area contributed by atoms with Gasteiger partial charge in [-0.1, -0.05) is 24.3 Å². The van der Waals surface area contributed by atoms with Crippen LogP contribution in [0.25, 0.3) is 0 Å². The van der Waals surface area contributed by atoms with Gasteiger partial charge in [-0.25, -0.2) is 0 Å². The number of piperidine rings is 1. The minimum atomic E-state index is 0. The molecule has 1 aromatic rings. The number of hydrogen-bond acceptors (Lipinski definition) is 3. The number of benzene rings is 1. The molecule has 1 aromatic carbocycles. The van der Waals surface area contributed by atoms with Gasteiger partial charge in [0.2, 0.25) is 0 Å². The molecule has 2 unspecified atom stereocenters. The number of hydrogen-bond donors (Lipinski definition) is 1. The summed E-state index contributed by atoms with van der Waals surface area (Å²) in [7, 11) is 0. The number of aliphatic imine (C=N–C) groups is 1. The van der Waals surface area contributed by atoms with E-state index in [1.54, 1.807) is 0 Å². The van der Waals surface area contributed by atoms with Crippen LogP contribution in [0.3, 0.4) is 0 Å². The highest BCUT2D eigenvalue weighted by molar-refractivity contribution is 14.0. The first-order valence-corrected chi connectivity index (χ1v) is 12.2. The topological polar surface area (TPSA) is 46.1 Å². The molecule has 0 aromatic heterocycles. The second kappa shape index (κ2) is 13.0. The van der Waals surface area contributed by atoms with Crippen LogP contribution in [0, 0.1) is 0 Å². The van der Waals surface area contributed by atoms with E-state index in [1.807, 2.05) is 0 Å². The van der Waals surface area contributed by atoms with Crippen LogP contribution in [0.4, 0.5) is 0 Å². The van der Waals surface area contributed by atoms with Crippen molar-refractivity contribution in [1.82, 2.24) is 10.2 Å². The predicted octanol–water partition coefficient (Wildman–Crippen LogP) is 4.74. The first-order chi connectivity index (χ1) is 14.8. The van der Waals surface area contributed by atoms with Crippen molar-refractivity contribution in [2.75, 3.05) is 39.4 Å². The minimum absolute atomic E-state index is 0. The highest BCUT2D eigenvalue weighted by Crippen LogP contribution is 2.31. The summed E-state index contributed by atoms with van der Waals surface area (Å²) in [5.41, 5.74) is 3.04. The number of fused-ring (bicyclic) bond motifs is 1. The number of halogens is 1. The van der Waals surface area contributed by atoms with Gasteiger partial charge in [0.1, 0.15) is 0 Å². The molecule has 1 aliphatic carbocycles. The summed E-state index contributed by atoms with van der Waals surface area (Å²) in [6.45, 7) is 7.66. The minimum Gasteiger partial charge on any atom is -0.376 e. The van der Waals surface area contributed by atoms with Crippen LogP contribution in [0.15, 0.2) is 29.3 Å². The van der Waals surface area contributed by atoms with Crippen molar-refractivity contribution in [3.05, 3.63) is 35.4 Å². The summed E-state index contributed by atoms with van der Waals surface area (Å²) in [5, 5.41) is 3.53. The van der Waals surface area contributed by atoms with Crippen LogP contribution in [0.5, 0.6) is 0 Å². The summed E-state index contributed by atoms with van der Waals surface area (Å²) in [6, 6.07) is 8.94. The van der Waals surface area contributed by atoms with Gasteiger partial charge in [-0.15, -0.1) is 24.0 Å². The van der Waals surface area contributed by atoms with E-state index in [2.05, 4.69) is 41.4 Å². The van der Waals surface area contributed by atoms with Gasteiger partial charge in [-0.05, 0) is 69.4 Å². The van der Waals surface area contributed by atoms with Crippen LogP contribution in [-0.4, -0.2) is 62.5 Å². The summed E-state index contributed by atoms with van der Waals surface area (Å²) in [6.07, 6.45) is 10.2. The fraction of sp³-hybridized carbons (Fsp3) is 0.720. The molecule has 0 amide bonds. The van der Waals surface area contributed by atoms with E-state index in [-0.39, 0.29) is 24.0 Å². The van der Waals surface area contributed by atoms with Crippen LogP contribution >= 0.6 is 24.0 Å². The molecule has 2 saturated heterocycles. The van der Waals surface area contributed by atoms with E-state index in [4.69, 9.17) is 14.5 Å². The third-order valence-corrected chi connectivity index (χ3v) is 6.82. The van der Waals surface area contributed by atoms with Gasteiger partial charge in [0.15, 0.2) is 5.96 Å². The van der Waals surface area contributed by atoms with E-state index in [0.29, 0.717) is 18.1 Å². The molecule has 0 spiro atoms. The molecule has 2 aliphatic heterocycles. The van der Waals surface area contributed by atoms with Gasteiger partial charge in [-0.2, -0.15) is 0 Å². The third kappa shape index (κ3) is 7.06. The highest BCUT2D eigenvalue weighted by atomic mass is 127. The zero-order valence-electron chi connectivity index (χ0n) is 19.1. The van der Waals surface area contributed by atoms with Gasteiger partial charge < -0.3 is 19.7 Å². The van der Waals surface area contributed by atoms with Crippen molar-refractivity contribution in [2.45, 2.75) is 76.4 Å². The fourth-order valence-electron chi connectivity index (χ4n) is 5.08. The van der Waals surface area contributed by atoms with E-state index in [9.17, 15) is 0 Å². The molecular formula is C25H40IN3O2. The van der Waals surface area contributed by atoms with Gasteiger partial charge in [0.25, 0.3) is 0 Å². The van der Waals surface area contributed by atoms with Crippen molar-refractivity contribution in [3.8, 4) is 0 Å². The van der Waals surface area contributed by atoms with Gasteiger partial charge >= 0.3 is 0 Å². The molecular weight excluding hydrogens is 501 g/mol. The summed E-state index contributed by atoms with van der Waals surface area (Å²) in [5.74, 6) is 1.63. The largest absolute Gasteiger partial charge is 0.376 e. The molecule has 5 nitrogen and oxygen atoms in total. The van der Waals surface area contributed by atoms with E-state index in [1.165, 1.54) is 43.2 Å². The van der Waals surface area contributed by atoms with E-state index in [0.717, 1.165) is 64.6 Å². The Balaban J connectivity index is 0.00000272. The lowest BCUT2D eigenvalue weighted by Crippen LogP contribution is -2.47. The Labute approximate surface area is 205 Å². The zero-order chi connectivity index (χ0) is 20.6. The molecule has 31 heavy (non-hydrogen) atoms. The number of nitrogens with zero attached hydrogens (tertiary/aromatic N) is 2. The molecule has 2 heterocycles. The lowest BCUT2D eigenvalue weighted by atomic mass is 9.83. The van der Waals surface area contributed by atoms with Crippen LogP contribution in [0.1, 0.15) is 68.9 Å². The second-order valence-electron chi connectivity index (χ2n) is 8.99. The maximum atomic E-state index is 6.19. The Kier molecular flexibility index (Phi) is 10.4. The molecule has 4 rings (SSSR count). The van der Waals surface area contributed by atoms with Crippen LogP contribution in [0.2, 0.25) is 0 Å². The molecule has 3 aliphatic rings. The average Bonchev–Trinajstić information content (AvgIpc) is 2.81. The monoisotopic (exact) mass is 541 g/mol. The molecule has 174 valence electrons.